The van der Waals surface area contributed by atoms with Gasteiger partial charge in [0.2, 0.25) is 5.91 Å². The highest BCUT2D eigenvalue weighted by atomic mass is 32.2. The molecular formula is C21H21N3O5S. The number of benzene rings is 2. The lowest BCUT2D eigenvalue weighted by Crippen LogP contribution is -2.37. The molecule has 9 heteroatoms. The lowest BCUT2D eigenvalue weighted by Gasteiger charge is -2.23. The minimum atomic E-state index is -0.768. The molecule has 0 radical (unpaired) electrons. The molecule has 1 aliphatic heterocycles. The summed E-state index contributed by atoms with van der Waals surface area (Å²) in [5, 5.41) is 6.72. The molecule has 30 heavy (non-hydrogen) atoms. The molecule has 0 saturated carbocycles. The third-order valence-corrected chi connectivity index (χ3v) is 5.72. The van der Waals surface area contributed by atoms with Crippen LogP contribution in [0.1, 0.15) is 17.5 Å². The van der Waals surface area contributed by atoms with Crippen LogP contribution in [-0.4, -0.2) is 35.7 Å². The number of nitrogens with one attached hydrogen (secondary N) is 3. The van der Waals surface area contributed by atoms with E-state index in [1.807, 2.05) is 38.1 Å². The number of imide groups is 1. The number of carbonyl (C=O) groups is 4. The molecule has 0 saturated heterocycles. The van der Waals surface area contributed by atoms with Crippen molar-refractivity contribution in [2.75, 3.05) is 17.2 Å². The summed E-state index contributed by atoms with van der Waals surface area (Å²) in [5.74, 6) is -1.77. The van der Waals surface area contributed by atoms with Crippen LogP contribution in [0.5, 0.6) is 0 Å². The van der Waals surface area contributed by atoms with Crippen LogP contribution >= 0.6 is 11.8 Å². The lowest BCUT2D eigenvalue weighted by molar-refractivity contribution is -0.148. The second kappa shape index (κ2) is 9.45. The second-order valence-corrected chi connectivity index (χ2v) is 8.00. The fourth-order valence-corrected chi connectivity index (χ4v) is 3.82. The van der Waals surface area contributed by atoms with E-state index in [2.05, 4.69) is 16.0 Å². The first-order chi connectivity index (χ1) is 14.3. The van der Waals surface area contributed by atoms with E-state index in [1.54, 1.807) is 18.2 Å². The van der Waals surface area contributed by atoms with Crippen LogP contribution in [0.3, 0.4) is 0 Å². The summed E-state index contributed by atoms with van der Waals surface area (Å²) in [6.45, 7) is 3.24. The zero-order valence-corrected chi connectivity index (χ0v) is 17.3. The average Bonchev–Trinajstić information content (AvgIpc) is 2.70. The van der Waals surface area contributed by atoms with Gasteiger partial charge in [0.05, 0.1) is 17.4 Å². The third-order valence-electron chi connectivity index (χ3n) is 4.44. The molecule has 2 aromatic carbocycles. The van der Waals surface area contributed by atoms with E-state index in [1.165, 1.54) is 11.8 Å². The van der Waals surface area contributed by atoms with Crippen LogP contribution in [-0.2, 0) is 19.1 Å². The maximum Gasteiger partial charge on any atom is 0.325 e. The SMILES string of the molecule is Cc1ccc(NC(=O)NC(=O)COC(=O)CC2Sc3ccccc3NC2=O)cc1C. The lowest BCUT2D eigenvalue weighted by atomic mass is 10.1. The van der Waals surface area contributed by atoms with Gasteiger partial charge in [0.1, 0.15) is 0 Å². The minimum Gasteiger partial charge on any atom is -0.456 e. The highest BCUT2D eigenvalue weighted by molar-refractivity contribution is 8.01. The molecule has 0 fully saturated rings. The van der Waals surface area contributed by atoms with Crippen molar-refractivity contribution in [1.82, 2.24) is 5.32 Å². The number of rotatable bonds is 5. The van der Waals surface area contributed by atoms with E-state index in [4.69, 9.17) is 4.74 Å². The van der Waals surface area contributed by atoms with Crippen LogP contribution in [0.15, 0.2) is 47.4 Å². The van der Waals surface area contributed by atoms with Crippen LogP contribution in [0, 0.1) is 13.8 Å². The summed E-state index contributed by atoms with van der Waals surface area (Å²) < 4.78 is 4.90. The number of hydrogen-bond donors (Lipinski definition) is 3. The molecule has 2 aromatic rings. The highest BCUT2D eigenvalue weighted by Crippen LogP contribution is 2.36. The summed E-state index contributed by atoms with van der Waals surface area (Å²) in [7, 11) is 0. The molecule has 3 rings (SSSR count). The summed E-state index contributed by atoms with van der Waals surface area (Å²) in [5.41, 5.74) is 3.32. The molecular weight excluding hydrogens is 406 g/mol. The van der Waals surface area contributed by atoms with E-state index >= 15 is 0 Å². The smallest absolute Gasteiger partial charge is 0.325 e. The number of amides is 4. The fraction of sp³-hybridized carbons (Fsp3) is 0.238. The van der Waals surface area contributed by atoms with Crippen molar-refractivity contribution >= 4 is 47.0 Å². The number of anilines is 2. The normalized spacial score (nSPS) is 14.9. The van der Waals surface area contributed by atoms with E-state index in [9.17, 15) is 19.2 Å². The Kier molecular flexibility index (Phi) is 6.73. The quantitative estimate of drug-likeness (QED) is 0.632. The van der Waals surface area contributed by atoms with Crippen LogP contribution in [0.25, 0.3) is 0 Å². The van der Waals surface area contributed by atoms with Crippen LogP contribution in [0.4, 0.5) is 16.2 Å². The van der Waals surface area contributed by atoms with Crippen molar-refractivity contribution in [3.05, 3.63) is 53.6 Å². The predicted octanol–water partition coefficient (Wildman–Crippen LogP) is 3.00. The van der Waals surface area contributed by atoms with Gasteiger partial charge in [-0.15, -0.1) is 11.8 Å². The summed E-state index contributed by atoms with van der Waals surface area (Å²) in [6, 6.07) is 11.9. The predicted molar refractivity (Wildman–Crippen MR) is 113 cm³/mol. The van der Waals surface area contributed by atoms with Crippen molar-refractivity contribution < 1.29 is 23.9 Å². The molecule has 1 atom stereocenters. The molecule has 0 aliphatic carbocycles. The Morgan fingerprint density at radius 1 is 1.10 bits per heavy atom. The van der Waals surface area contributed by atoms with E-state index < -0.39 is 29.8 Å². The molecule has 0 bridgehead atoms. The number of carbonyl (C=O) groups excluding carboxylic acids is 4. The Bertz CT molecular complexity index is 1010. The largest absolute Gasteiger partial charge is 0.456 e. The monoisotopic (exact) mass is 427 g/mol. The average molecular weight is 427 g/mol. The summed E-state index contributed by atoms with van der Waals surface area (Å²) in [6.07, 6.45) is -0.188. The molecule has 0 spiro atoms. The molecule has 3 N–H and O–H groups in total. The number of para-hydroxylation sites is 1. The standard InChI is InChI=1S/C21H21N3O5S/c1-12-7-8-14(9-13(12)2)22-21(28)24-18(25)11-29-19(26)10-17-20(27)23-15-5-3-4-6-16(15)30-17/h3-9,17H,10-11H2,1-2H3,(H,23,27)(H2,22,24,25,28). The summed E-state index contributed by atoms with van der Waals surface area (Å²) >= 11 is 1.26. The minimum absolute atomic E-state index is 0.188. The van der Waals surface area contributed by atoms with Gasteiger partial charge in [0, 0.05) is 10.6 Å². The van der Waals surface area contributed by atoms with Gasteiger partial charge in [-0.25, -0.2) is 4.79 Å². The number of urea groups is 1. The molecule has 156 valence electrons. The topological polar surface area (TPSA) is 114 Å². The Labute approximate surface area is 177 Å². The van der Waals surface area contributed by atoms with Crippen molar-refractivity contribution in [1.29, 1.82) is 0 Å². The Hall–Kier alpha value is -3.33. The second-order valence-electron chi connectivity index (χ2n) is 6.76. The molecule has 0 aromatic heterocycles. The van der Waals surface area contributed by atoms with Crippen molar-refractivity contribution in [2.24, 2.45) is 0 Å². The van der Waals surface area contributed by atoms with E-state index in [0.29, 0.717) is 11.4 Å². The number of hydrogen-bond acceptors (Lipinski definition) is 6. The Balaban J connectivity index is 1.43. The fourth-order valence-electron chi connectivity index (χ4n) is 2.73. The van der Waals surface area contributed by atoms with Gasteiger partial charge in [-0.3, -0.25) is 19.7 Å². The molecule has 4 amide bonds. The Morgan fingerprint density at radius 3 is 2.63 bits per heavy atom. The van der Waals surface area contributed by atoms with Crippen molar-refractivity contribution in [3.8, 4) is 0 Å². The maximum absolute atomic E-state index is 12.1. The van der Waals surface area contributed by atoms with Gasteiger partial charge in [-0.05, 0) is 49.2 Å². The first-order valence-corrected chi connectivity index (χ1v) is 10.1. The number of aryl methyl sites for hydroxylation is 2. The van der Waals surface area contributed by atoms with Gasteiger partial charge in [-0.1, -0.05) is 18.2 Å². The molecule has 1 heterocycles. The number of ether oxygens (including phenoxy) is 1. The number of fused-ring (bicyclic) bond motifs is 1. The van der Waals surface area contributed by atoms with Gasteiger partial charge in [0.25, 0.3) is 5.91 Å². The Morgan fingerprint density at radius 2 is 1.87 bits per heavy atom. The van der Waals surface area contributed by atoms with Gasteiger partial charge in [-0.2, -0.15) is 0 Å². The highest BCUT2D eigenvalue weighted by Gasteiger charge is 2.29. The number of esters is 1. The first kappa shape index (κ1) is 21.4. The van der Waals surface area contributed by atoms with Gasteiger partial charge < -0.3 is 15.4 Å². The first-order valence-electron chi connectivity index (χ1n) is 9.22. The zero-order chi connectivity index (χ0) is 21.7. The van der Waals surface area contributed by atoms with Gasteiger partial charge in [0.15, 0.2) is 6.61 Å². The third kappa shape index (κ3) is 5.60. The zero-order valence-electron chi connectivity index (χ0n) is 16.5. The molecule has 1 aliphatic rings. The van der Waals surface area contributed by atoms with Crippen molar-refractivity contribution in [3.63, 3.8) is 0 Å². The summed E-state index contributed by atoms with van der Waals surface area (Å²) in [4.78, 5) is 48.8. The number of thioether (sulfide) groups is 1. The van der Waals surface area contributed by atoms with Crippen LogP contribution < -0.4 is 16.0 Å². The maximum atomic E-state index is 12.1. The van der Waals surface area contributed by atoms with Crippen LogP contribution in [0.2, 0.25) is 0 Å². The van der Waals surface area contributed by atoms with E-state index in [-0.39, 0.29) is 12.3 Å². The van der Waals surface area contributed by atoms with Crippen molar-refractivity contribution in [2.45, 2.75) is 30.4 Å². The molecule has 1 unspecified atom stereocenters. The molecule has 8 nitrogen and oxygen atoms in total. The van der Waals surface area contributed by atoms with E-state index in [0.717, 1.165) is 16.0 Å². The van der Waals surface area contributed by atoms with Gasteiger partial charge >= 0.3 is 12.0 Å².